The Morgan fingerprint density at radius 1 is 1.09 bits per heavy atom. The van der Waals surface area contributed by atoms with Crippen molar-refractivity contribution < 1.29 is 14.3 Å². The number of aliphatic imine (C=N–C) groups is 1. The molecule has 2 aliphatic rings. The van der Waals surface area contributed by atoms with E-state index in [-0.39, 0.29) is 24.9 Å². The van der Waals surface area contributed by atoms with Gasteiger partial charge in [0, 0.05) is 22.5 Å². The fraction of sp³-hybridized carbons (Fsp3) is 0.321. The summed E-state index contributed by atoms with van der Waals surface area (Å²) >= 11 is 1.65. The first-order chi connectivity index (χ1) is 17.0. The highest BCUT2D eigenvalue weighted by atomic mass is 32.1. The third-order valence-electron chi connectivity index (χ3n) is 6.58. The van der Waals surface area contributed by atoms with Crippen LogP contribution < -0.4 is 15.0 Å². The standard InChI is InChI=1S/C28H29N3O3S/c1-18-7-9-19(10-8-18)15-29-24(32)17-31-25(33)16-30-27(20-11-13-21(34-2)14-12-20)26-22-5-3-4-6-23(22)35-28(26)31/h7-14H,3-6,15-17H2,1-2H3,(H,29,32). The molecular formula is C28H29N3O3S. The van der Waals surface area contributed by atoms with E-state index >= 15 is 0 Å². The van der Waals surface area contributed by atoms with E-state index in [4.69, 9.17) is 9.73 Å². The molecule has 0 bridgehead atoms. The summed E-state index contributed by atoms with van der Waals surface area (Å²) in [6, 6.07) is 15.9. The lowest BCUT2D eigenvalue weighted by atomic mass is 9.91. The molecule has 0 saturated carbocycles. The Bertz CT molecular complexity index is 1280. The van der Waals surface area contributed by atoms with Gasteiger partial charge < -0.3 is 10.1 Å². The van der Waals surface area contributed by atoms with Crippen LogP contribution in [0.1, 0.15) is 45.5 Å². The number of carbonyl (C=O) groups excluding carboxylic acids is 2. The lowest BCUT2D eigenvalue weighted by Crippen LogP contribution is -2.41. The first kappa shape index (κ1) is 23.3. The van der Waals surface area contributed by atoms with Crippen molar-refractivity contribution in [3.8, 4) is 5.75 Å². The number of ether oxygens (including phenoxy) is 1. The SMILES string of the molecule is COc1ccc(C2=NCC(=O)N(CC(=O)NCc3ccc(C)cc3)c3sc4c(c32)CCCC4)cc1. The molecule has 7 heteroatoms. The second-order valence-electron chi connectivity index (χ2n) is 9.03. The fourth-order valence-corrected chi connectivity index (χ4v) is 6.07. The van der Waals surface area contributed by atoms with Crippen LogP contribution in [-0.4, -0.2) is 37.7 Å². The van der Waals surface area contributed by atoms with E-state index < -0.39 is 0 Å². The Kier molecular flexibility index (Phi) is 6.68. The normalized spacial score (nSPS) is 15.1. The molecule has 0 spiro atoms. The van der Waals surface area contributed by atoms with Gasteiger partial charge in [-0.2, -0.15) is 0 Å². The second kappa shape index (κ2) is 10.0. The minimum atomic E-state index is -0.177. The number of anilines is 1. The van der Waals surface area contributed by atoms with E-state index in [2.05, 4.69) is 5.32 Å². The molecule has 2 amide bonds. The van der Waals surface area contributed by atoms with Crippen LogP contribution >= 0.6 is 11.3 Å². The van der Waals surface area contributed by atoms with E-state index in [1.807, 2.05) is 55.5 Å². The number of fused-ring (bicyclic) bond motifs is 3. The first-order valence-corrected chi connectivity index (χ1v) is 12.8. The van der Waals surface area contributed by atoms with Gasteiger partial charge in [0.15, 0.2) is 0 Å². The number of aryl methyl sites for hydroxylation is 2. The van der Waals surface area contributed by atoms with Gasteiger partial charge in [0.05, 0.1) is 12.8 Å². The number of methoxy groups -OCH3 is 1. The topological polar surface area (TPSA) is 71.0 Å². The van der Waals surface area contributed by atoms with Crippen LogP contribution in [0, 0.1) is 6.92 Å². The van der Waals surface area contributed by atoms with Crippen molar-refractivity contribution in [1.82, 2.24) is 5.32 Å². The molecule has 1 aliphatic heterocycles. The molecule has 35 heavy (non-hydrogen) atoms. The summed E-state index contributed by atoms with van der Waals surface area (Å²) in [4.78, 5) is 33.9. The second-order valence-corrected chi connectivity index (χ2v) is 10.1. The van der Waals surface area contributed by atoms with Crippen LogP contribution in [0.5, 0.6) is 5.75 Å². The number of amides is 2. The van der Waals surface area contributed by atoms with Crippen molar-refractivity contribution in [3.05, 3.63) is 81.2 Å². The number of hydrogen-bond donors (Lipinski definition) is 1. The molecule has 2 heterocycles. The van der Waals surface area contributed by atoms with Gasteiger partial charge in [-0.3, -0.25) is 19.5 Å². The number of hydrogen-bond acceptors (Lipinski definition) is 5. The number of rotatable bonds is 6. The van der Waals surface area contributed by atoms with Gasteiger partial charge in [-0.25, -0.2) is 0 Å². The molecule has 0 saturated heterocycles. The maximum atomic E-state index is 13.2. The van der Waals surface area contributed by atoms with Gasteiger partial charge >= 0.3 is 0 Å². The zero-order chi connectivity index (χ0) is 24.4. The van der Waals surface area contributed by atoms with E-state index in [1.54, 1.807) is 23.3 Å². The predicted molar refractivity (Wildman–Crippen MR) is 140 cm³/mol. The molecule has 0 radical (unpaired) electrons. The van der Waals surface area contributed by atoms with Crippen LogP contribution in [0.15, 0.2) is 53.5 Å². The van der Waals surface area contributed by atoms with Crippen LogP contribution in [0.4, 0.5) is 5.00 Å². The zero-order valence-electron chi connectivity index (χ0n) is 20.1. The molecular weight excluding hydrogens is 458 g/mol. The molecule has 1 aliphatic carbocycles. The lowest BCUT2D eigenvalue weighted by molar-refractivity contribution is -0.123. The molecule has 0 unspecified atom stereocenters. The summed E-state index contributed by atoms with van der Waals surface area (Å²) in [6.07, 6.45) is 4.24. The van der Waals surface area contributed by atoms with Crippen molar-refractivity contribution in [2.75, 3.05) is 25.1 Å². The molecule has 2 aromatic carbocycles. The summed E-state index contributed by atoms with van der Waals surface area (Å²) in [5, 5.41) is 3.82. The average Bonchev–Trinajstić information content (AvgIpc) is 3.20. The highest BCUT2D eigenvalue weighted by Gasteiger charge is 2.33. The average molecular weight is 488 g/mol. The predicted octanol–water partition coefficient (Wildman–Crippen LogP) is 4.44. The van der Waals surface area contributed by atoms with Crippen molar-refractivity contribution >= 4 is 33.9 Å². The molecule has 0 fully saturated rings. The summed E-state index contributed by atoms with van der Waals surface area (Å²) in [5.74, 6) is 0.446. The monoisotopic (exact) mass is 487 g/mol. The first-order valence-electron chi connectivity index (χ1n) is 12.0. The Morgan fingerprint density at radius 3 is 2.57 bits per heavy atom. The molecule has 5 rings (SSSR count). The smallest absolute Gasteiger partial charge is 0.249 e. The van der Waals surface area contributed by atoms with Gasteiger partial charge in [-0.1, -0.05) is 29.8 Å². The Morgan fingerprint density at radius 2 is 1.83 bits per heavy atom. The maximum Gasteiger partial charge on any atom is 0.249 e. The van der Waals surface area contributed by atoms with Crippen LogP contribution in [0.2, 0.25) is 0 Å². The number of benzene rings is 2. The van der Waals surface area contributed by atoms with Gasteiger partial charge in [-0.15, -0.1) is 11.3 Å². The minimum absolute atomic E-state index is 0.0114. The van der Waals surface area contributed by atoms with E-state index in [0.717, 1.165) is 58.8 Å². The molecule has 0 atom stereocenters. The molecule has 180 valence electrons. The van der Waals surface area contributed by atoms with Crippen molar-refractivity contribution in [1.29, 1.82) is 0 Å². The van der Waals surface area contributed by atoms with Crippen LogP contribution in [0.3, 0.4) is 0 Å². The van der Waals surface area contributed by atoms with Crippen LogP contribution in [-0.2, 0) is 29.0 Å². The third kappa shape index (κ3) is 4.86. The van der Waals surface area contributed by atoms with Crippen molar-refractivity contribution in [2.24, 2.45) is 4.99 Å². The van der Waals surface area contributed by atoms with Crippen molar-refractivity contribution in [2.45, 2.75) is 39.2 Å². The highest BCUT2D eigenvalue weighted by molar-refractivity contribution is 7.17. The Labute approximate surface area is 209 Å². The number of nitrogens with one attached hydrogen (secondary N) is 1. The Balaban J connectivity index is 1.45. The maximum absolute atomic E-state index is 13.2. The molecule has 6 nitrogen and oxygen atoms in total. The molecule has 1 aromatic heterocycles. The van der Waals surface area contributed by atoms with E-state index in [1.165, 1.54) is 16.0 Å². The highest BCUT2D eigenvalue weighted by Crippen LogP contribution is 2.42. The zero-order valence-corrected chi connectivity index (χ0v) is 20.9. The molecule has 3 aromatic rings. The van der Waals surface area contributed by atoms with Gasteiger partial charge in [-0.05, 0) is 68.0 Å². The van der Waals surface area contributed by atoms with E-state index in [0.29, 0.717) is 6.54 Å². The van der Waals surface area contributed by atoms with Gasteiger partial charge in [0.25, 0.3) is 0 Å². The van der Waals surface area contributed by atoms with Crippen LogP contribution in [0.25, 0.3) is 0 Å². The van der Waals surface area contributed by atoms with Gasteiger partial charge in [0.2, 0.25) is 11.8 Å². The summed E-state index contributed by atoms with van der Waals surface area (Å²) in [7, 11) is 1.64. The number of nitrogens with zero attached hydrogens (tertiary/aromatic N) is 2. The summed E-state index contributed by atoms with van der Waals surface area (Å²) in [5.41, 5.74) is 6.30. The number of thiophene rings is 1. The Hall–Kier alpha value is -3.45. The lowest BCUT2D eigenvalue weighted by Gasteiger charge is -2.20. The van der Waals surface area contributed by atoms with E-state index in [9.17, 15) is 9.59 Å². The largest absolute Gasteiger partial charge is 0.497 e. The van der Waals surface area contributed by atoms with Gasteiger partial charge in [0.1, 0.15) is 23.8 Å². The fourth-order valence-electron chi connectivity index (χ4n) is 4.66. The molecule has 1 N–H and O–H groups in total. The minimum Gasteiger partial charge on any atom is -0.497 e. The quantitative estimate of drug-likeness (QED) is 0.559. The van der Waals surface area contributed by atoms with Crippen molar-refractivity contribution in [3.63, 3.8) is 0 Å². The summed E-state index contributed by atoms with van der Waals surface area (Å²) < 4.78 is 5.32. The summed E-state index contributed by atoms with van der Waals surface area (Å²) in [6.45, 7) is 2.47. The number of carbonyl (C=O) groups is 2. The third-order valence-corrected chi connectivity index (χ3v) is 7.90.